The molecule has 2 aromatic carbocycles. The summed E-state index contributed by atoms with van der Waals surface area (Å²) in [5.41, 5.74) is 4.76. The average Bonchev–Trinajstić information content (AvgIpc) is 2.74. The summed E-state index contributed by atoms with van der Waals surface area (Å²) < 4.78 is 13.5. The van der Waals surface area contributed by atoms with Crippen molar-refractivity contribution >= 4 is 11.3 Å². The van der Waals surface area contributed by atoms with Gasteiger partial charge in [0.05, 0.1) is 5.71 Å². The molecule has 0 fully saturated rings. The average molecular weight is 407 g/mol. The molecule has 0 saturated heterocycles. The molecule has 0 saturated carbocycles. The zero-order chi connectivity index (χ0) is 21.6. The highest BCUT2D eigenvalue weighted by atomic mass is 19.1. The van der Waals surface area contributed by atoms with Gasteiger partial charge in [-0.2, -0.15) is 0 Å². The van der Waals surface area contributed by atoms with Gasteiger partial charge in [0, 0.05) is 18.7 Å². The summed E-state index contributed by atoms with van der Waals surface area (Å²) in [7, 11) is 0. The van der Waals surface area contributed by atoms with E-state index in [2.05, 4.69) is 60.3 Å². The lowest BCUT2D eigenvalue weighted by atomic mass is 9.82. The van der Waals surface area contributed by atoms with Crippen LogP contribution in [-0.2, 0) is 6.54 Å². The highest BCUT2D eigenvalue weighted by Gasteiger charge is 2.22. The number of rotatable bonds is 4. The van der Waals surface area contributed by atoms with E-state index in [0.29, 0.717) is 5.71 Å². The number of hydrogen-bond donors (Lipinski definition) is 1. The van der Waals surface area contributed by atoms with Gasteiger partial charge in [-0.3, -0.25) is 4.90 Å². The zero-order valence-corrected chi connectivity index (χ0v) is 18.1. The van der Waals surface area contributed by atoms with E-state index >= 15 is 0 Å². The third-order valence-electron chi connectivity index (χ3n) is 5.75. The summed E-state index contributed by atoms with van der Waals surface area (Å²) in [4.78, 5) is 2.43. The Morgan fingerprint density at radius 1 is 1.07 bits per heavy atom. The number of benzene rings is 2. The van der Waals surface area contributed by atoms with Crippen LogP contribution in [0, 0.1) is 11.2 Å². The third-order valence-corrected chi connectivity index (χ3v) is 5.75. The quantitative estimate of drug-likeness (QED) is 0.367. The van der Waals surface area contributed by atoms with Gasteiger partial charge in [0.1, 0.15) is 5.82 Å². The van der Waals surface area contributed by atoms with Crippen molar-refractivity contribution in [2.24, 2.45) is 10.6 Å². The molecule has 0 unspecified atom stereocenters. The van der Waals surface area contributed by atoms with Crippen molar-refractivity contribution in [3.8, 4) is 0 Å². The van der Waals surface area contributed by atoms with Gasteiger partial charge < -0.3 is 5.21 Å². The molecule has 1 aliphatic heterocycles. The van der Waals surface area contributed by atoms with E-state index in [-0.39, 0.29) is 11.2 Å². The van der Waals surface area contributed by atoms with Crippen LogP contribution in [0.25, 0.3) is 5.57 Å². The van der Waals surface area contributed by atoms with Crippen molar-refractivity contribution in [1.29, 1.82) is 0 Å². The maximum atomic E-state index is 13.5. The van der Waals surface area contributed by atoms with Gasteiger partial charge in [-0.25, -0.2) is 4.39 Å². The lowest BCUT2D eigenvalue weighted by Gasteiger charge is -2.30. The van der Waals surface area contributed by atoms with Crippen molar-refractivity contribution < 1.29 is 9.60 Å². The molecule has 0 amide bonds. The molecule has 2 aromatic rings. The first kappa shape index (κ1) is 22.0. The van der Waals surface area contributed by atoms with Crippen molar-refractivity contribution in [3.05, 3.63) is 89.3 Å². The monoisotopic (exact) mass is 406 g/mol. The minimum Gasteiger partial charge on any atom is -0.411 e. The molecular formula is C26H31FN2O. The first-order chi connectivity index (χ1) is 14.4. The Labute approximate surface area is 179 Å². The van der Waals surface area contributed by atoms with Crippen LogP contribution in [0.1, 0.15) is 44.7 Å². The molecule has 1 aliphatic rings. The van der Waals surface area contributed by atoms with E-state index in [0.717, 1.165) is 49.2 Å². The van der Waals surface area contributed by atoms with Crippen molar-refractivity contribution in [1.82, 2.24) is 4.90 Å². The molecule has 3 rings (SSSR count). The first-order valence-corrected chi connectivity index (χ1v) is 10.5. The fraction of sp³-hybridized carbons (Fsp3) is 0.346. The molecule has 4 heteroatoms. The number of hydrogen-bond acceptors (Lipinski definition) is 3. The van der Waals surface area contributed by atoms with Crippen molar-refractivity contribution in [3.63, 3.8) is 0 Å². The topological polar surface area (TPSA) is 35.8 Å². The fourth-order valence-corrected chi connectivity index (χ4v) is 3.76. The number of oxime groups is 1. The summed E-state index contributed by atoms with van der Waals surface area (Å²) >= 11 is 0. The summed E-state index contributed by atoms with van der Waals surface area (Å²) in [6, 6.07) is 17.0. The second-order valence-electron chi connectivity index (χ2n) is 8.77. The number of halogens is 1. The van der Waals surface area contributed by atoms with Gasteiger partial charge in [0.25, 0.3) is 0 Å². The van der Waals surface area contributed by atoms with Crippen LogP contribution in [0.15, 0.2) is 77.5 Å². The van der Waals surface area contributed by atoms with Crippen LogP contribution in [-0.4, -0.2) is 28.9 Å². The highest BCUT2D eigenvalue weighted by molar-refractivity contribution is 6.11. The maximum absolute atomic E-state index is 13.5. The van der Waals surface area contributed by atoms with E-state index in [1.54, 1.807) is 12.1 Å². The Bertz CT molecular complexity index is 927. The Kier molecular flexibility index (Phi) is 7.22. The Morgan fingerprint density at radius 2 is 1.77 bits per heavy atom. The van der Waals surface area contributed by atoms with Gasteiger partial charge in [0.15, 0.2) is 0 Å². The number of allylic oxidation sites excluding steroid dienone is 3. The van der Waals surface area contributed by atoms with E-state index < -0.39 is 0 Å². The van der Waals surface area contributed by atoms with Gasteiger partial charge in [-0.15, -0.1) is 0 Å². The first-order valence-electron chi connectivity index (χ1n) is 10.5. The minimum atomic E-state index is -0.258. The molecule has 0 aromatic heterocycles. The van der Waals surface area contributed by atoms with E-state index in [9.17, 15) is 9.60 Å². The molecule has 158 valence electrons. The molecular weight excluding hydrogens is 375 g/mol. The minimum absolute atomic E-state index is 0.118. The van der Waals surface area contributed by atoms with Gasteiger partial charge in [-0.1, -0.05) is 73.6 Å². The maximum Gasteiger partial charge on any atom is 0.123 e. The largest absolute Gasteiger partial charge is 0.411 e. The van der Waals surface area contributed by atoms with E-state index in [1.807, 2.05) is 13.0 Å². The van der Waals surface area contributed by atoms with Crippen LogP contribution >= 0.6 is 0 Å². The van der Waals surface area contributed by atoms with Gasteiger partial charge in [-0.05, 0) is 60.6 Å². The number of nitrogens with zero attached hydrogens (tertiary/aromatic N) is 2. The lowest BCUT2D eigenvalue weighted by molar-refractivity contribution is 0.227. The van der Waals surface area contributed by atoms with Crippen LogP contribution in [0.2, 0.25) is 0 Å². The predicted octanol–water partition coefficient (Wildman–Crippen LogP) is 6.31. The molecule has 0 spiro atoms. The normalized spacial score (nSPS) is 21.9. The van der Waals surface area contributed by atoms with Gasteiger partial charge >= 0.3 is 0 Å². The molecule has 0 radical (unpaired) electrons. The third kappa shape index (κ3) is 5.90. The van der Waals surface area contributed by atoms with Crippen LogP contribution in [0.3, 0.4) is 0 Å². The Balaban J connectivity index is 2.01. The summed E-state index contributed by atoms with van der Waals surface area (Å²) in [6.07, 6.45) is 6.30. The zero-order valence-electron chi connectivity index (χ0n) is 18.1. The van der Waals surface area contributed by atoms with E-state index in [1.165, 1.54) is 17.7 Å². The van der Waals surface area contributed by atoms with Crippen LogP contribution in [0.4, 0.5) is 4.39 Å². The molecule has 1 N–H and O–H groups in total. The van der Waals surface area contributed by atoms with Gasteiger partial charge in [0.2, 0.25) is 0 Å². The molecule has 30 heavy (non-hydrogen) atoms. The molecule has 3 nitrogen and oxygen atoms in total. The predicted molar refractivity (Wildman–Crippen MR) is 122 cm³/mol. The van der Waals surface area contributed by atoms with Crippen LogP contribution < -0.4 is 0 Å². The van der Waals surface area contributed by atoms with Crippen LogP contribution in [0.5, 0.6) is 0 Å². The molecule has 0 bridgehead atoms. The smallest absolute Gasteiger partial charge is 0.123 e. The summed E-state index contributed by atoms with van der Waals surface area (Å²) in [6.45, 7) is 8.97. The molecule has 1 heterocycles. The highest BCUT2D eigenvalue weighted by Crippen LogP contribution is 2.33. The van der Waals surface area contributed by atoms with E-state index in [4.69, 9.17) is 0 Å². The summed E-state index contributed by atoms with van der Waals surface area (Å²) in [5.74, 6) is -0.258. The summed E-state index contributed by atoms with van der Waals surface area (Å²) in [5, 5.41) is 13.0. The second-order valence-corrected chi connectivity index (χ2v) is 8.77. The molecule has 0 atom stereocenters. The fourth-order valence-electron chi connectivity index (χ4n) is 3.76. The lowest BCUT2D eigenvalue weighted by Crippen LogP contribution is -2.29. The van der Waals surface area contributed by atoms with Crippen molar-refractivity contribution in [2.45, 2.75) is 40.2 Å². The standard InChI is InChI=1S/C26H31FN2O/c1-20(28-30)24-14-17-29(19-21-7-5-4-6-8-21)18-16-26(2,3)15-13-25(24)22-9-11-23(27)12-10-22/h4-14,30H,15-19H2,1-3H3/b24-14-,25-13-,28-20+. The van der Waals surface area contributed by atoms with Crippen molar-refractivity contribution in [2.75, 3.05) is 13.1 Å². The Hall–Kier alpha value is -2.72. The molecule has 0 aliphatic carbocycles. The Morgan fingerprint density at radius 3 is 2.43 bits per heavy atom. The second kappa shape index (κ2) is 9.86. The SMILES string of the molecule is CC(=N\O)/C1=C/CN(Cc2ccccc2)CCC(C)(C)C/C=C\1c1ccc(F)cc1.